The molecule has 0 atom stereocenters. The highest BCUT2D eigenvalue weighted by Crippen LogP contribution is 2.28. The smallest absolute Gasteiger partial charge is 0.139 e. The molecule has 4 rings (SSSR count). The van der Waals surface area contributed by atoms with Gasteiger partial charge in [-0.1, -0.05) is 59.7 Å². The van der Waals surface area contributed by atoms with Crippen LogP contribution in [0.2, 0.25) is 0 Å². The van der Waals surface area contributed by atoms with Crippen LogP contribution in [0.5, 0.6) is 0 Å². The van der Waals surface area contributed by atoms with Crippen LogP contribution < -0.4 is 0 Å². The number of pyridine rings is 1. The molecule has 3 heteroatoms. The fourth-order valence-electron chi connectivity index (χ4n) is 3.89. The zero-order valence-electron chi connectivity index (χ0n) is 18.5. The lowest BCUT2D eigenvalue weighted by Gasteiger charge is -2.19. The summed E-state index contributed by atoms with van der Waals surface area (Å²) in [4.78, 5) is 4.38. The second-order valence-corrected chi connectivity index (χ2v) is 9.65. The average Bonchev–Trinajstić information content (AvgIpc) is 3.14. The van der Waals surface area contributed by atoms with Crippen molar-refractivity contribution in [2.24, 2.45) is 14.1 Å². The van der Waals surface area contributed by atoms with E-state index in [0.717, 1.165) is 5.65 Å². The Morgan fingerprint density at radius 3 is 1.79 bits per heavy atom. The maximum atomic E-state index is 4.38. The van der Waals surface area contributed by atoms with Crippen LogP contribution >= 0.6 is 0 Å². The maximum Gasteiger partial charge on any atom is 0.139 e. The maximum absolute atomic E-state index is 4.38. The molecule has 0 aliphatic rings. The molecule has 3 aromatic heterocycles. The minimum absolute atomic E-state index is 0.176. The number of aryl methyl sites for hydroxylation is 2. The van der Waals surface area contributed by atoms with Crippen molar-refractivity contribution in [3.63, 3.8) is 0 Å². The summed E-state index contributed by atoms with van der Waals surface area (Å²) >= 11 is 0. The van der Waals surface area contributed by atoms with Crippen molar-refractivity contribution in [1.29, 1.82) is 0 Å². The number of fused-ring (bicyclic) bond motifs is 2. The van der Waals surface area contributed by atoms with Crippen molar-refractivity contribution in [3.05, 3.63) is 66.1 Å². The normalized spacial score (nSPS) is 12.3. The Bertz CT molecular complexity index is 1010. The minimum atomic E-state index is 0.176. The third-order valence-corrected chi connectivity index (χ3v) is 5.28. The SMILES string of the molecule is Cn1c(C(C)(C)C)cc2ccccc21.Cn1c(C(C)(C)C)cc2cccnc21. The summed E-state index contributed by atoms with van der Waals surface area (Å²) in [6.07, 6.45) is 1.84. The molecule has 0 N–H and O–H groups in total. The zero-order valence-corrected chi connectivity index (χ0v) is 18.5. The molecule has 0 bridgehead atoms. The summed E-state index contributed by atoms with van der Waals surface area (Å²) in [5, 5.41) is 2.56. The fourth-order valence-corrected chi connectivity index (χ4v) is 3.89. The fraction of sp³-hybridized carbons (Fsp3) is 0.400. The summed E-state index contributed by atoms with van der Waals surface area (Å²) in [6, 6.07) is 17.1. The Morgan fingerprint density at radius 1 is 0.679 bits per heavy atom. The van der Waals surface area contributed by atoms with E-state index < -0.39 is 0 Å². The monoisotopic (exact) mass is 375 g/mol. The Morgan fingerprint density at radius 2 is 1.21 bits per heavy atom. The van der Waals surface area contributed by atoms with Gasteiger partial charge < -0.3 is 9.13 Å². The predicted octanol–water partition coefficient (Wildman–Crippen LogP) is 6.35. The van der Waals surface area contributed by atoms with Crippen LogP contribution in [0.25, 0.3) is 21.9 Å². The average molecular weight is 376 g/mol. The molecule has 0 spiro atoms. The number of hydrogen-bond donors (Lipinski definition) is 0. The molecule has 0 radical (unpaired) electrons. The van der Waals surface area contributed by atoms with Crippen LogP contribution in [0.4, 0.5) is 0 Å². The highest BCUT2D eigenvalue weighted by atomic mass is 15.0. The first kappa shape index (κ1) is 20.2. The van der Waals surface area contributed by atoms with Crippen LogP contribution in [-0.2, 0) is 24.9 Å². The molecule has 0 fully saturated rings. The number of nitrogens with zero attached hydrogens (tertiary/aromatic N) is 3. The third kappa shape index (κ3) is 3.84. The van der Waals surface area contributed by atoms with Crippen molar-refractivity contribution in [1.82, 2.24) is 14.1 Å². The third-order valence-electron chi connectivity index (χ3n) is 5.28. The molecule has 0 saturated carbocycles. The van der Waals surface area contributed by atoms with Gasteiger partial charge in [0.1, 0.15) is 5.65 Å². The van der Waals surface area contributed by atoms with E-state index in [2.05, 4.69) is 112 Å². The van der Waals surface area contributed by atoms with Crippen LogP contribution in [0, 0.1) is 0 Å². The molecule has 0 unspecified atom stereocenters. The number of aromatic nitrogens is 3. The summed E-state index contributed by atoms with van der Waals surface area (Å²) in [5.41, 5.74) is 5.49. The molecule has 0 aliphatic heterocycles. The standard InChI is InChI=1S/C13H17N.C12H16N2/c1-13(2,3)12-9-10-7-5-6-8-11(10)14(12)4;1-12(2,3)10-8-9-6-5-7-13-11(9)14(10)4/h5-9H,1-4H3;5-8H,1-4H3. The van der Waals surface area contributed by atoms with Gasteiger partial charge in [0.15, 0.2) is 0 Å². The van der Waals surface area contributed by atoms with Crippen molar-refractivity contribution in [2.75, 3.05) is 0 Å². The van der Waals surface area contributed by atoms with Crippen molar-refractivity contribution in [3.8, 4) is 0 Å². The van der Waals surface area contributed by atoms with Gasteiger partial charge in [-0.05, 0) is 35.7 Å². The molecule has 3 heterocycles. The summed E-state index contributed by atoms with van der Waals surface area (Å²) in [7, 11) is 4.22. The number of benzene rings is 1. The first-order chi connectivity index (χ1) is 13.0. The van der Waals surface area contributed by atoms with Gasteiger partial charge in [0.25, 0.3) is 0 Å². The lowest BCUT2D eigenvalue weighted by molar-refractivity contribution is 0.546. The first-order valence-electron chi connectivity index (χ1n) is 9.96. The highest BCUT2D eigenvalue weighted by molar-refractivity contribution is 5.81. The molecule has 3 nitrogen and oxygen atoms in total. The van der Waals surface area contributed by atoms with E-state index in [1.807, 2.05) is 12.3 Å². The second kappa shape index (κ2) is 7.12. The van der Waals surface area contributed by atoms with Gasteiger partial charge in [0.2, 0.25) is 0 Å². The molecular weight excluding hydrogens is 342 g/mol. The van der Waals surface area contributed by atoms with Crippen molar-refractivity contribution >= 4 is 21.9 Å². The zero-order chi connectivity index (χ0) is 20.7. The Labute approximate surface area is 169 Å². The van der Waals surface area contributed by atoms with Gasteiger partial charge in [-0.25, -0.2) is 4.98 Å². The largest absolute Gasteiger partial charge is 0.347 e. The van der Waals surface area contributed by atoms with Gasteiger partial charge in [-0.2, -0.15) is 0 Å². The van der Waals surface area contributed by atoms with Gasteiger partial charge in [0, 0.05) is 53.4 Å². The molecule has 148 valence electrons. The van der Waals surface area contributed by atoms with Crippen molar-refractivity contribution < 1.29 is 0 Å². The molecule has 0 amide bonds. The van der Waals surface area contributed by atoms with Gasteiger partial charge in [-0.3, -0.25) is 0 Å². The summed E-state index contributed by atoms with van der Waals surface area (Å²) in [6.45, 7) is 13.4. The summed E-state index contributed by atoms with van der Waals surface area (Å²) in [5.74, 6) is 0. The van der Waals surface area contributed by atoms with Crippen LogP contribution in [0.3, 0.4) is 0 Å². The van der Waals surface area contributed by atoms with Crippen LogP contribution in [-0.4, -0.2) is 14.1 Å². The van der Waals surface area contributed by atoms with E-state index in [9.17, 15) is 0 Å². The molecule has 1 aromatic carbocycles. The molecule has 28 heavy (non-hydrogen) atoms. The number of hydrogen-bond acceptors (Lipinski definition) is 1. The quantitative estimate of drug-likeness (QED) is 0.351. The number of rotatable bonds is 0. The van der Waals surface area contributed by atoms with Crippen LogP contribution in [0.1, 0.15) is 52.9 Å². The predicted molar refractivity (Wildman–Crippen MR) is 121 cm³/mol. The van der Waals surface area contributed by atoms with Gasteiger partial charge in [-0.15, -0.1) is 0 Å². The van der Waals surface area contributed by atoms with E-state index >= 15 is 0 Å². The van der Waals surface area contributed by atoms with E-state index in [1.54, 1.807) is 0 Å². The second-order valence-electron chi connectivity index (χ2n) is 9.65. The van der Waals surface area contributed by atoms with Crippen LogP contribution in [0.15, 0.2) is 54.7 Å². The lowest BCUT2D eigenvalue weighted by Crippen LogP contribution is -2.15. The van der Waals surface area contributed by atoms with Gasteiger partial charge in [0.05, 0.1) is 0 Å². The number of para-hydroxylation sites is 1. The molecule has 4 aromatic rings. The Hall–Kier alpha value is -2.55. The Balaban J connectivity index is 0.000000161. The Kier molecular flexibility index (Phi) is 5.14. The summed E-state index contributed by atoms with van der Waals surface area (Å²) < 4.78 is 4.46. The van der Waals surface area contributed by atoms with E-state index in [1.165, 1.54) is 27.7 Å². The lowest BCUT2D eigenvalue weighted by atomic mass is 9.92. The topological polar surface area (TPSA) is 22.8 Å². The molecule has 0 saturated heterocycles. The van der Waals surface area contributed by atoms with E-state index in [4.69, 9.17) is 0 Å². The highest BCUT2D eigenvalue weighted by Gasteiger charge is 2.19. The molecular formula is C25H33N3. The molecule has 0 aliphatic carbocycles. The van der Waals surface area contributed by atoms with Crippen molar-refractivity contribution in [2.45, 2.75) is 52.4 Å². The van der Waals surface area contributed by atoms with E-state index in [-0.39, 0.29) is 10.8 Å². The van der Waals surface area contributed by atoms with Gasteiger partial charge >= 0.3 is 0 Å². The van der Waals surface area contributed by atoms with E-state index in [0.29, 0.717) is 0 Å². The minimum Gasteiger partial charge on any atom is -0.347 e. The first-order valence-corrected chi connectivity index (χ1v) is 9.96.